The van der Waals surface area contributed by atoms with Crippen molar-refractivity contribution in [2.45, 2.75) is 0 Å². The molecule has 7 nitrogen and oxygen atoms in total. The second-order valence-electron chi connectivity index (χ2n) is 7.45. The van der Waals surface area contributed by atoms with Crippen molar-refractivity contribution in [3.8, 4) is 11.5 Å². The van der Waals surface area contributed by atoms with E-state index in [9.17, 15) is 9.59 Å². The summed E-state index contributed by atoms with van der Waals surface area (Å²) >= 11 is 1.32. The predicted molar refractivity (Wildman–Crippen MR) is 133 cm³/mol. The maximum Gasteiger partial charge on any atom is 0.265 e. The molecule has 0 atom stereocenters. The minimum absolute atomic E-state index is 0.301. The summed E-state index contributed by atoms with van der Waals surface area (Å²) in [5, 5.41) is 9.42. The third-order valence-electron chi connectivity index (χ3n) is 5.37. The molecule has 2 amide bonds. The van der Waals surface area contributed by atoms with Crippen molar-refractivity contribution in [1.29, 1.82) is 0 Å². The summed E-state index contributed by atoms with van der Waals surface area (Å²) in [4.78, 5) is 26.3. The highest BCUT2D eigenvalue weighted by molar-refractivity contribution is 7.12. The van der Waals surface area contributed by atoms with E-state index >= 15 is 0 Å². The van der Waals surface area contributed by atoms with Crippen molar-refractivity contribution in [2.24, 2.45) is 0 Å². The maximum atomic E-state index is 13.1. The Balaban J connectivity index is 1.47. The van der Waals surface area contributed by atoms with Crippen LogP contribution < -0.4 is 20.1 Å². The molecule has 0 unspecified atom stereocenters. The number of methoxy groups -OCH3 is 2. The number of carbonyl (C=O) groups is 2. The number of hydrogen-bond donors (Lipinski definition) is 2. The predicted octanol–water partition coefficient (Wildman–Crippen LogP) is 6.17. The van der Waals surface area contributed by atoms with Gasteiger partial charge in [0.1, 0.15) is 11.2 Å². The summed E-state index contributed by atoms with van der Waals surface area (Å²) in [5.74, 6) is -0.00641. The molecule has 8 heteroatoms. The fourth-order valence-corrected chi connectivity index (χ4v) is 4.41. The van der Waals surface area contributed by atoms with Crippen LogP contribution in [0.2, 0.25) is 0 Å². The molecule has 5 aromatic rings. The Morgan fingerprint density at radius 1 is 0.824 bits per heavy atom. The first-order valence-corrected chi connectivity index (χ1v) is 11.3. The van der Waals surface area contributed by atoms with E-state index in [0.29, 0.717) is 33.3 Å². The Morgan fingerprint density at radius 2 is 1.65 bits per heavy atom. The number of benzene rings is 3. The van der Waals surface area contributed by atoms with Gasteiger partial charge in [-0.25, -0.2) is 0 Å². The average Bonchev–Trinajstić information content (AvgIpc) is 3.52. The topological polar surface area (TPSA) is 89.8 Å². The Labute approximate surface area is 198 Å². The van der Waals surface area contributed by atoms with Crippen LogP contribution in [0.5, 0.6) is 11.5 Å². The first-order valence-electron chi connectivity index (χ1n) is 10.4. The number of hydrogen-bond acceptors (Lipinski definition) is 6. The van der Waals surface area contributed by atoms with Gasteiger partial charge < -0.3 is 24.5 Å². The van der Waals surface area contributed by atoms with E-state index in [0.717, 1.165) is 21.9 Å². The van der Waals surface area contributed by atoms with Crippen LogP contribution in [0.15, 0.2) is 76.5 Å². The van der Waals surface area contributed by atoms with Crippen LogP contribution >= 0.6 is 11.3 Å². The Bertz CT molecular complexity index is 1520. The number of carbonyl (C=O) groups excluding carboxylic acids is 2. The minimum atomic E-state index is -0.361. The number of rotatable bonds is 6. The molecular formula is C26H20N2O5S. The van der Waals surface area contributed by atoms with E-state index in [4.69, 9.17) is 13.9 Å². The molecule has 0 aliphatic heterocycles. The van der Waals surface area contributed by atoms with E-state index in [-0.39, 0.29) is 11.8 Å². The molecule has 0 fully saturated rings. The molecule has 3 aromatic carbocycles. The molecule has 2 N–H and O–H groups in total. The zero-order chi connectivity index (χ0) is 23.7. The van der Waals surface area contributed by atoms with Crippen molar-refractivity contribution in [3.05, 3.63) is 82.6 Å². The Kier molecular flexibility index (Phi) is 5.65. The molecule has 34 heavy (non-hydrogen) atoms. The van der Waals surface area contributed by atoms with Gasteiger partial charge in [-0.05, 0) is 47.8 Å². The first-order chi connectivity index (χ1) is 16.6. The highest BCUT2D eigenvalue weighted by Crippen LogP contribution is 2.37. The van der Waals surface area contributed by atoms with Crippen molar-refractivity contribution < 1.29 is 23.5 Å². The molecule has 0 saturated heterocycles. The van der Waals surface area contributed by atoms with E-state index in [1.807, 2.05) is 41.8 Å². The molecule has 0 saturated carbocycles. The van der Waals surface area contributed by atoms with Crippen molar-refractivity contribution in [3.63, 3.8) is 0 Å². The van der Waals surface area contributed by atoms with Crippen molar-refractivity contribution in [1.82, 2.24) is 0 Å². The van der Waals surface area contributed by atoms with Gasteiger partial charge in [0.15, 0.2) is 11.5 Å². The summed E-state index contributed by atoms with van der Waals surface area (Å²) in [5.41, 5.74) is 2.77. The molecule has 2 heterocycles. The van der Waals surface area contributed by atoms with Gasteiger partial charge >= 0.3 is 0 Å². The van der Waals surface area contributed by atoms with Crippen LogP contribution in [0, 0.1) is 0 Å². The third kappa shape index (κ3) is 3.95. The van der Waals surface area contributed by atoms with Crippen LogP contribution in [0.4, 0.5) is 11.4 Å². The monoisotopic (exact) mass is 472 g/mol. The molecule has 0 aliphatic carbocycles. The number of anilines is 2. The number of ether oxygens (including phenoxy) is 2. The summed E-state index contributed by atoms with van der Waals surface area (Å²) < 4.78 is 16.7. The van der Waals surface area contributed by atoms with Gasteiger partial charge in [0.25, 0.3) is 11.8 Å². The quantitative estimate of drug-likeness (QED) is 0.308. The minimum Gasteiger partial charge on any atom is -0.493 e. The Morgan fingerprint density at radius 3 is 2.41 bits per heavy atom. The number of fused-ring (bicyclic) bond motifs is 3. The number of para-hydroxylation sites is 1. The second-order valence-corrected chi connectivity index (χ2v) is 8.40. The normalized spacial score (nSPS) is 10.9. The van der Waals surface area contributed by atoms with E-state index in [1.165, 1.54) is 25.6 Å². The highest BCUT2D eigenvalue weighted by Gasteiger charge is 2.19. The lowest BCUT2D eigenvalue weighted by Gasteiger charge is -2.15. The lowest BCUT2D eigenvalue weighted by Crippen LogP contribution is -2.15. The first kappa shape index (κ1) is 21.5. The molecule has 170 valence electrons. The fraction of sp³-hybridized carbons (Fsp3) is 0.0769. The molecule has 0 bridgehead atoms. The van der Waals surface area contributed by atoms with Gasteiger partial charge in [-0.2, -0.15) is 0 Å². The van der Waals surface area contributed by atoms with Gasteiger partial charge in [-0.3, -0.25) is 9.59 Å². The van der Waals surface area contributed by atoms with Gasteiger partial charge in [0, 0.05) is 22.0 Å². The summed E-state index contributed by atoms with van der Waals surface area (Å²) in [6, 6.07) is 19.9. The largest absolute Gasteiger partial charge is 0.493 e. The molecule has 5 rings (SSSR count). The zero-order valence-electron chi connectivity index (χ0n) is 18.4. The van der Waals surface area contributed by atoms with Crippen LogP contribution in [0.3, 0.4) is 0 Å². The Hall–Kier alpha value is -4.30. The lowest BCUT2D eigenvalue weighted by atomic mass is 10.1. The maximum absolute atomic E-state index is 13.1. The number of thiophene rings is 1. The summed E-state index contributed by atoms with van der Waals surface area (Å²) in [7, 11) is 2.95. The van der Waals surface area contributed by atoms with Crippen molar-refractivity contribution >= 4 is 56.5 Å². The molecule has 0 spiro atoms. The van der Waals surface area contributed by atoms with E-state index in [2.05, 4.69) is 10.6 Å². The van der Waals surface area contributed by atoms with Crippen LogP contribution in [0.1, 0.15) is 20.0 Å². The molecule has 0 aliphatic rings. The number of amides is 2. The van der Waals surface area contributed by atoms with E-state index < -0.39 is 0 Å². The summed E-state index contributed by atoms with van der Waals surface area (Å²) in [6.45, 7) is 0. The van der Waals surface area contributed by atoms with Crippen LogP contribution in [-0.2, 0) is 0 Å². The third-order valence-corrected chi connectivity index (χ3v) is 6.24. The molecule has 0 radical (unpaired) electrons. The molecule has 2 aromatic heterocycles. The van der Waals surface area contributed by atoms with Gasteiger partial charge in [0.05, 0.1) is 24.8 Å². The van der Waals surface area contributed by atoms with E-state index in [1.54, 1.807) is 30.3 Å². The van der Waals surface area contributed by atoms with Crippen molar-refractivity contribution in [2.75, 3.05) is 24.9 Å². The lowest BCUT2D eigenvalue weighted by molar-refractivity contribution is 0.101. The van der Waals surface area contributed by atoms with Crippen LogP contribution in [0.25, 0.3) is 21.9 Å². The SMILES string of the molecule is COc1cc(C(=O)Nc2ccc3oc4ccccc4c3c2)cc(NC(=O)c2cccs2)c1OC. The molecular weight excluding hydrogens is 452 g/mol. The summed E-state index contributed by atoms with van der Waals surface area (Å²) in [6.07, 6.45) is 0. The second kappa shape index (κ2) is 8.92. The van der Waals surface area contributed by atoms with Gasteiger partial charge in [0.2, 0.25) is 0 Å². The smallest absolute Gasteiger partial charge is 0.265 e. The number of furan rings is 1. The highest BCUT2D eigenvalue weighted by atomic mass is 32.1. The zero-order valence-corrected chi connectivity index (χ0v) is 19.2. The van der Waals surface area contributed by atoms with Gasteiger partial charge in [-0.1, -0.05) is 24.3 Å². The van der Waals surface area contributed by atoms with Crippen LogP contribution in [-0.4, -0.2) is 26.0 Å². The van der Waals surface area contributed by atoms with Gasteiger partial charge in [-0.15, -0.1) is 11.3 Å². The fourth-order valence-electron chi connectivity index (χ4n) is 3.79. The standard InChI is InChI=1S/C26H20N2O5S/c1-31-22-13-15(12-19(24(22)32-2)28-26(30)23-8-5-11-34-23)25(29)27-16-9-10-21-18(14-16)17-6-3-4-7-20(17)33-21/h3-14H,1-2H3,(H,27,29)(H,28,30). The number of nitrogens with one attached hydrogen (secondary N) is 2. The average molecular weight is 473 g/mol.